The summed E-state index contributed by atoms with van der Waals surface area (Å²) in [4.78, 5) is 21.6. The molecule has 1 saturated carbocycles. The minimum absolute atomic E-state index is 0.0801. The van der Waals surface area contributed by atoms with Crippen LogP contribution in [-0.4, -0.2) is 56.3 Å². The molecule has 1 N–H and O–H groups in total. The number of pyridine rings is 1. The van der Waals surface area contributed by atoms with Gasteiger partial charge in [0.1, 0.15) is 6.04 Å². The number of H-pyrrole nitrogens is 1. The molecule has 38 heavy (non-hydrogen) atoms. The highest BCUT2D eigenvalue weighted by molar-refractivity contribution is 6.30. The zero-order valence-corrected chi connectivity index (χ0v) is 23.0. The molecule has 2 aromatic heterocycles. The SMILES string of the molecule is Cc1cc(C)c2[nH]c(=O)c([C@@H](c3nnnn3C3CCCC3)N3CCN(c4cc(Cl)ccc4C)CC3)cc2c1. The molecule has 1 aliphatic heterocycles. The van der Waals surface area contributed by atoms with Gasteiger partial charge in [-0.1, -0.05) is 42.1 Å². The molecule has 2 aromatic carbocycles. The van der Waals surface area contributed by atoms with Crippen molar-refractivity contribution >= 4 is 28.2 Å². The summed E-state index contributed by atoms with van der Waals surface area (Å²) in [5, 5.41) is 14.9. The van der Waals surface area contributed by atoms with Crippen LogP contribution in [0.2, 0.25) is 5.02 Å². The van der Waals surface area contributed by atoms with Crippen LogP contribution in [0.4, 0.5) is 5.69 Å². The van der Waals surface area contributed by atoms with Gasteiger partial charge in [-0.25, -0.2) is 4.68 Å². The Hall–Kier alpha value is -3.23. The van der Waals surface area contributed by atoms with Gasteiger partial charge in [-0.05, 0) is 84.8 Å². The Morgan fingerprint density at radius 3 is 2.50 bits per heavy atom. The molecule has 4 aromatic rings. The maximum Gasteiger partial charge on any atom is 0.253 e. The number of halogens is 1. The molecule has 2 aliphatic rings. The number of piperazine rings is 1. The molecule has 1 atom stereocenters. The van der Waals surface area contributed by atoms with Gasteiger partial charge in [-0.15, -0.1) is 5.10 Å². The Labute approximate surface area is 227 Å². The van der Waals surface area contributed by atoms with Gasteiger partial charge in [0.05, 0.1) is 11.6 Å². The van der Waals surface area contributed by atoms with Gasteiger partial charge >= 0.3 is 0 Å². The molecule has 9 heteroatoms. The summed E-state index contributed by atoms with van der Waals surface area (Å²) in [6, 6.07) is 12.3. The van der Waals surface area contributed by atoms with E-state index in [1.807, 2.05) is 23.7 Å². The molecule has 1 saturated heterocycles. The van der Waals surface area contributed by atoms with Crippen LogP contribution in [0.1, 0.15) is 65.8 Å². The zero-order chi connectivity index (χ0) is 26.4. The van der Waals surface area contributed by atoms with Crippen molar-refractivity contribution in [2.75, 3.05) is 31.1 Å². The van der Waals surface area contributed by atoms with Gasteiger partial charge in [0.15, 0.2) is 5.82 Å². The Kier molecular flexibility index (Phi) is 6.70. The quantitative estimate of drug-likeness (QED) is 0.385. The molecule has 0 amide bonds. The number of rotatable bonds is 5. The number of fused-ring (bicyclic) bond motifs is 1. The molecule has 0 spiro atoms. The highest BCUT2D eigenvalue weighted by Crippen LogP contribution is 2.35. The van der Waals surface area contributed by atoms with Crippen molar-refractivity contribution in [2.45, 2.75) is 58.5 Å². The molecular formula is C29H34ClN7O. The summed E-state index contributed by atoms with van der Waals surface area (Å²) >= 11 is 6.33. The molecule has 0 radical (unpaired) electrons. The second kappa shape index (κ2) is 10.2. The molecule has 198 valence electrons. The topological polar surface area (TPSA) is 82.9 Å². The first-order valence-electron chi connectivity index (χ1n) is 13.6. The van der Waals surface area contributed by atoms with Crippen LogP contribution in [-0.2, 0) is 0 Å². The van der Waals surface area contributed by atoms with Crippen molar-refractivity contribution in [1.82, 2.24) is 30.1 Å². The number of hydrogen-bond acceptors (Lipinski definition) is 6. The minimum Gasteiger partial charge on any atom is -0.369 e. The first kappa shape index (κ1) is 25.1. The number of anilines is 1. The lowest BCUT2D eigenvalue weighted by atomic mass is 9.99. The third-order valence-corrected chi connectivity index (χ3v) is 8.48. The first-order chi connectivity index (χ1) is 18.4. The summed E-state index contributed by atoms with van der Waals surface area (Å²) in [6.07, 6.45) is 4.50. The van der Waals surface area contributed by atoms with Crippen LogP contribution >= 0.6 is 11.6 Å². The molecule has 1 aliphatic carbocycles. The number of tetrazole rings is 1. The van der Waals surface area contributed by atoms with Crippen LogP contribution in [0.5, 0.6) is 0 Å². The molecule has 2 fully saturated rings. The normalized spacial score (nSPS) is 17.9. The zero-order valence-electron chi connectivity index (χ0n) is 22.2. The van der Waals surface area contributed by atoms with Crippen LogP contribution < -0.4 is 10.5 Å². The van der Waals surface area contributed by atoms with Gasteiger partial charge in [0.25, 0.3) is 5.56 Å². The van der Waals surface area contributed by atoms with E-state index < -0.39 is 0 Å². The van der Waals surface area contributed by atoms with Crippen molar-refractivity contribution in [2.24, 2.45) is 0 Å². The van der Waals surface area contributed by atoms with E-state index in [1.165, 1.54) is 29.7 Å². The number of aryl methyl sites for hydroxylation is 3. The molecule has 3 heterocycles. The fraction of sp³-hybridized carbons (Fsp3) is 0.448. The van der Waals surface area contributed by atoms with Crippen molar-refractivity contribution in [3.8, 4) is 0 Å². The van der Waals surface area contributed by atoms with Crippen LogP contribution in [0.25, 0.3) is 10.9 Å². The van der Waals surface area contributed by atoms with E-state index in [2.05, 4.69) is 68.4 Å². The summed E-state index contributed by atoms with van der Waals surface area (Å²) in [5.41, 5.74) is 6.12. The van der Waals surface area contributed by atoms with Crippen molar-refractivity contribution in [3.05, 3.63) is 79.9 Å². The fourth-order valence-electron chi connectivity index (χ4n) is 6.34. The maximum atomic E-state index is 13.7. The Morgan fingerprint density at radius 1 is 0.974 bits per heavy atom. The molecule has 0 unspecified atom stereocenters. The largest absolute Gasteiger partial charge is 0.369 e. The Bertz CT molecular complexity index is 1530. The summed E-state index contributed by atoms with van der Waals surface area (Å²) in [5.74, 6) is 0.763. The Balaban J connectivity index is 1.41. The third-order valence-electron chi connectivity index (χ3n) is 8.24. The lowest BCUT2D eigenvalue weighted by molar-refractivity contribution is 0.197. The molecule has 6 rings (SSSR count). The number of hydrogen-bond donors (Lipinski definition) is 1. The lowest BCUT2D eigenvalue weighted by Gasteiger charge is -2.40. The predicted octanol–water partition coefficient (Wildman–Crippen LogP) is 5.12. The fourth-order valence-corrected chi connectivity index (χ4v) is 6.51. The number of nitrogens with zero attached hydrogens (tertiary/aromatic N) is 6. The molecule has 0 bridgehead atoms. The number of aromatic nitrogens is 5. The second-order valence-electron chi connectivity index (χ2n) is 10.9. The van der Waals surface area contributed by atoms with Gasteiger partial charge in [-0.2, -0.15) is 0 Å². The lowest BCUT2D eigenvalue weighted by Crippen LogP contribution is -2.49. The average Bonchev–Trinajstić information content (AvgIpc) is 3.59. The molecular weight excluding hydrogens is 498 g/mol. The predicted molar refractivity (Wildman–Crippen MR) is 151 cm³/mol. The first-order valence-corrected chi connectivity index (χ1v) is 13.9. The van der Waals surface area contributed by atoms with Crippen LogP contribution in [0.3, 0.4) is 0 Å². The van der Waals surface area contributed by atoms with E-state index in [4.69, 9.17) is 11.6 Å². The van der Waals surface area contributed by atoms with E-state index >= 15 is 0 Å². The highest BCUT2D eigenvalue weighted by atomic mass is 35.5. The number of aromatic amines is 1. The van der Waals surface area contributed by atoms with Gasteiger partial charge < -0.3 is 9.88 Å². The number of benzene rings is 2. The van der Waals surface area contributed by atoms with Gasteiger partial charge in [0, 0.05) is 42.5 Å². The van der Waals surface area contributed by atoms with E-state index in [0.29, 0.717) is 5.56 Å². The summed E-state index contributed by atoms with van der Waals surface area (Å²) in [7, 11) is 0. The summed E-state index contributed by atoms with van der Waals surface area (Å²) < 4.78 is 2.00. The van der Waals surface area contributed by atoms with Crippen molar-refractivity contribution in [1.29, 1.82) is 0 Å². The van der Waals surface area contributed by atoms with E-state index in [0.717, 1.165) is 66.3 Å². The monoisotopic (exact) mass is 531 g/mol. The minimum atomic E-state index is -0.331. The van der Waals surface area contributed by atoms with Crippen LogP contribution in [0.15, 0.2) is 41.2 Å². The smallest absolute Gasteiger partial charge is 0.253 e. The Morgan fingerprint density at radius 2 is 1.74 bits per heavy atom. The highest BCUT2D eigenvalue weighted by Gasteiger charge is 2.35. The van der Waals surface area contributed by atoms with Crippen molar-refractivity contribution in [3.63, 3.8) is 0 Å². The average molecular weight is 532 g/mol. The number of nitrogens with one attached hydrogen (secondary N) is 1. The van der Waals surface area contributed by atoms with Crippen molar-refractivity contribution < 1.29 is 0 Å². The van der Waals surface area contributed by atoms with E-state index in [9.17, 15) is 4.79 Å². The van der Waals surface area contributed by atoms with Crippen LogP contribution in [0, 0.1) is 20.8 Å². The van der Waals surface area contributed by atoms with E-state index in [1.54, 1.807) is 0 Å². The van der Waals surface area contributed by atoms with Gasteiger partial charge in [0.2, 0.25) is 0 Å². The molecule has 8 nitrogen and oxygen atoms in total. The standard InChI is InChI=1S/C29H34ClN7O/c1-18-14-20(3)26-21(15-18)16-24(29(38)31-26)27(28-32-33-34-37(28)23-6-4-5-7-23)36-12-10-35(11-13-36)25-17-22(30)9-8-19(25)2/h8-9,14-17,23,27H,4-7,10-13H2,1-3H3,(H,31,38)/t27-/m0/s1. The second-order valence-corrected chi connectivity index (χ2v) is 11.3. The van der Waals surface area contributed by atoms with Gasteiger partial charge in [-0.3, -0.25) is 9.69 Å². The summed E-state index contributed by atoms with van der Waals surface area (Å²) in [6.45, 7) is 9.46. The maximum absolute atomic E-state index is 13.7. The third kappa shape index (κ3) is 4.60. The van der Waals surface area contributed by atoms with E-state index in [-0.39, 0.29) is 17.6 Å².